The number of nitrogens with zero attached hydrogens (tertiary/aromatic N) is 2. The molecule has 0 atom stereocenters. The van der Waals surface area contributed by atoms with Crippen LogP contribution in [0.1, 0.15) is 24.0 Å². The van der Waals surface area contributed by atoms with Gasteiger partial charge in [-0.25, -0.2) is 8.42 Å². The average molecular weight is 437 g/mol. The molecule has 2 N–H and O–H groups in total. The minimum atomic E-state index is -5.25. The molecular formula is C18H27F3N4O3S. The molecule has 7 nitrogen and oxygen atoms in total. The van der Waals surface area contributed by atoms with E-state index < -0.39 is 15.5 Å². The predicted octanol–water partition coefficient (Wildman–Crippen LogP) is 2.06. The Kier molecular flexibility index (Phi) is 8.29. The topological polar surface area (TPSA) is 83.0 Å². The maximum Gasteiger partial charge on any atom is 0.511 e. The number of rotatable bonds is 7. The van der Waals surface area contributed by atoms with Gasteiger partial charge < -0.3 is 15.4 Å². The number of hydrogen-bond donors (Lipinski definition) is 2. The fourth-order valence-corrected chi connectivity index (χ4v) is 4.15. The first kappa shape index (κ1) is 23.4. The first-order valence-electron chi connectivity index (χ1n) is 9.25. The van der Waals surface area contributed by atoms with Crippen LogP contribution in [-0.4, -0.2) is 58.0 Å². The summed E-state index contributed by atoms with van der Waals surface area (Å²) in [5.74, 6) is 0.636. The Bertz CT molecular complexity index is 792. The smallest absolute Gasteiger partial charge is 0.380 e. The van der Waals surface area contributed by atoms with Crippen molar-refractivity contribution in [2.45, 2.75) is 31.5 Å². The second-order valence-electron chi connectivity index (χ2n) is 6.80. The van der Waals surface area contributed by atoms with Gasteiger partial charge in [-0.15, -0.1) is 0 Å². The van der Waals surface area contributed by atoms with E-state index in [-0.39, 0.29) is 19.0 Å². The summed E-state index contributed by atoms with van der Waals surface area (Å²) in [5, 5.41) is 6.37. The summed E-state index contributed by atoms with van der Waals surface area (Å²) in [6, 6.07) is 7.86. The number of guanidine groups is 1. The molecule has 0 unspecified atom stereocenters. The van der Waals surface area contributed by atoms with Crippen molar-refractivity contribution in [1.82, 2.24) is 14.9 Å². The highest BCUT2D eigenvalue weighted by molar-refractivity contribution is 7.90. The van der Waals surface area contributed by atoms with Gasteiger partial charge in [-0.2, -0.15) is 17.5 Å². The highest BCUT2D eigenvalue weighted by atomic mass is 32.2. The first-order valence-corrected chi connectivity index (χ1v) is 10.7. The van der Waals surface area contributed by atoms with Crippen molar-refractivity contribution in [3.05, 3.63) is 35.4 Å². The molecule has 0 radical (unpaired) electrons. The predicted molar refractivity (Wildman–Crippen MR) is 105 cm³/mol. The molecule has 1 aliphatic heterocycles. The standard InChI is InChI=1S/C18H27F3N4O3S/c1-22-17(24-12-15-5-3-4-6-16(15)13-28-2)23-11-14-7-9-25(10-8-14)29(26,27)18(19,20)21/h3-6,14H,7-13H2,1-2H3,(H2,22,23,24). The molecule has 1 saturated heterocycles. The minimum absolute atomic E-state index is 0.0639. The van der Waals surface area contributed by atoms with Crippen molar-refractivity contribution in [2.24, 2.45) is 10.9 Å². The molecule has 0 bridgehead atoms. The van der Waals surface area contributed by atoms with Gasteiger partial charge in [0.25, 0.3) is 0 Å². The molecule has 0 saturated carbocycles. The zero-order valence-electron chi connectivity index (χ0n) is 16.5. The van der Waals surface area contributed by atoms with E-state index in [4.69, 9.17) is 4.74 Å². The van der Waals surface area contributed by atoms with Gasteiger partial charge >= 0.3 is 15.5 Å². The van der Waals surface area contributed by atoms with Crippen LogP contribution in [0.15, 0.2) is 29.3 Å². The maximum absolute atomic E-state index is 12.6. The summed E-state index contributed by atoms with van der Waals surface area (Å²) in [6.45, 7) is 1.28. The Balaban J connectivity index is 1.81. The Labute approximate surface area is 169 Å². The molecule has 0 spiro atoms. The van der Waals surface area contributed by atoms with Crippen LogP contribution >= 0.6 is 0 Å². The lowest BCUT2D eigenvalue weighted by Crippen LogP contribution is -2.47. The van der Waals surface area contributed by atoms with Crippen LogP contribution in [0.3, 0.4) is 0 Å². The van der Waals surface area contributed by atoms with Crippen molar-refractivity contribution in [3.63, 3.8) is 0 Å². The molecule has 0 amide bonds. The zero-order valence-corrected chi connectivity index (χ0v) is 17.3. The first-order chi connectivity index (χ1) is 13.7. The van der Waals surface area contributed by atoms with Gasteiger partial charge in [0.15, 0.2) is 5.96 Å². The Morgan fingerprint density at radius 3 is 2.38 bits per heavy atom. The number of sulfonamides is 1. The summed E-state index contributed by atoms with van der Waals surface area (Å²) in [4.78, 5) is 4.16. The van der Waals surface area contributed by atoms with Crippen LogP contribution in [0.2, 0.25) is 0 Å². The van der Waals surface area contributed by atoms with Crippen LogP contribution < -0.4 is 10.6 Å². The lowest BCUT2D eigenvalue weighted by molar-refractivity contribution is -0.0496. The molecule has 1 aliphatic rings. The van der Waals surface area contributed by atoms with E-state index in [0.717, 1.165) is 11.1 Å². The maximum atomic E-state index is 12.6. The number of halogens is 3. The van der Waals surface area contributed by atoms with E-state index in [1.165, 1.54) is 0 Å². The second-order valence-corrected chi connectivity index (χ2v) is 8.73. The quantitative estimate of drug-likeness (QED) is 0.505. The van der Waals surface area contributed by atoms with E-state index in [1.54, 1.807) is 14.2 Å². The van der Waals surface area contributed by atoms with Gasteiger partial charge in [0.1, 0.15) is 0 Å². The SMILES string of the molecule is CN=C(NCc1ccccc1COC)NCC1CCN(S(=O)(=O)C(F)(F)F)CC1. The third-order valence-corrected chi connectivity index (χ3v) is 6.48. The number of alkyl halides is 3. The average Bonchev–Trinajstić information content (AvgIpc) is 2.69. The van der Waals surface area contributed by atoms with Gasteiger partial charge in [-0.3, -0.25) is 4.99 Å². The Morgan fingerprint density at radius 2 is 1.83 bits per heavy atom. The van der Waals surface area contributed by atoms with E-state index >= 15 is 0 Å². The van der Waals surface area contributed by atoms with Gasteiger partial charge in [-0.05, 0) is 29.9 Å². The normalized spacial score (nSPS) is 17.3. The fraction of sp³-hybridized carbons (Fsp3) is 0.611. The molecule has 0 aromatic heterocycles. The number of ether oxygens (including phenoxy) is 1. The third-order valence-electron chi connectivity index (χ3n) is 4.85. The molecule has 29 heavy (non-hydrogen) atoms. The highest BCUT2D eigenvalue weighted by Gasteiger charge is 2.50. The van der Waals surface area contributed by atoms with Crippen LogP contribution in [-0.2, 0) is 27.9 Å². The van der Waals surface area contributed by atoms with Crippen molar-refractivity contribution >= 4 is 16.0 Å². The highest BCUT2D eigenvalue weighted by Crippen LogP contribution is 2.30. The van der Waals surface area contributed by atoms with Crippen LogP contribution in [0, 0.1) is 5.92 Å². The monoisotopic (exact) mass is 436 g/mol. The van der Waals surface area contributed by atoms with Gasteiger partial charge in [-0.1, -0.05) is 24.3 Å². The van der Waals surface area contributed by atoms with Crippen molar-refractivity contribution < 1.29 is 26.3 Å². The number of nitrogens with one attached hydrogen (secondary N) is 2. The number of aliphatic imine (C=N–C) groups is 1. The minimum Gasteiger partial charge on any atom is -0.380 e. The van der Waals surface area contributed by atoms with Crippen molar-refractivity contribution in [2.75, 3.05) is 33.8 Å². The summed E-state index contributed by atoms with van der Waals surface area (Å²) in [7, 11) is -1.97. The molecule has 0 aliphatic carbocycles. The molecule has 164 valence electrons. The lowest BCUT2D eigenvalue weighted by Gasteiger charge is -2.31. The molecule has 1 aromatic carbocycles. The zero-order chi connectivity index (χ0) is 21.5. The molecule has 2 rings (SSSR count). The van der Waals surface area contributed by atoms with E-state index in [2.05, 4.69) is 15.6 Å². The second kappa shape index (κ2) is 10.3. The van der Waals surface area contributed by atoms with E-state index in [1.807, 2.05) is 24.3 Å². The number of methoxy groups -OCH3 is 1. The van der Waals surface area contributed by atoms with Crippen LogP contribution in [0.4, 0.5) is 13.2 Å². The number of hydrogen-bond acceptors (Lipinski definition) is 4. The Hall–Kier alpha value is -1.85. The van der Waals surface area contributed by atoms with Crippen LogP contribution in [0.25, 0.3) is 0 Å². The van der Waals surface area contributed by atoms with Gasteiger partial charge in [0, 0.05) is 40.3 Å². The van der Waals surface area contributed by atoms with Crippen LogP contribution in [0.5, 0.6) is 0 Å². The molecule has 11 heteroatoms. The summed E-state index contributed by atoms with van der Waals surface area (Å²) < 4.78 is 66.6. The third kappa shape index (κ3) is 6.31. The molecule has 1 heterocycles. The van der Waals surface area contributed by atoms with Gasteiger partial charge in [0.05, 0.1) is 6.61 Å². The molecular weight excluding hydrogens is 409 g/mol. The molecule has 1 aromatic rings. The lowest BCUT2D eigenvalue weighted by atomic mass is 9.98. The number of benzene rings is 1. The molecule has 1 fully saturated rings. The summed E-state index contributed by atoms with van der Waals surface area (Å²) in [5.41, 5.74) is -3.11. The van der Waals surface area contributed by atoms with E-state index in [0.29, 0.717) is 42.8 Å². The Morgan fingerprint density at radius 1 is 1.21 bits per heavy atom. The van der Waals surface area contributed by atoms with E-state index in [9.17, 15) is 21.6 Å². The van der Waals surface area contributed by atoms with Crippen molar-refractivity contribution in [1.29, 1.82) is 0 Å². The van der Waals surface area contributed by atoms with Crippen molar-refractivity contribution in [3.8, 4) is 0 Å². The summed E-state index contributed by atoms with van der Waals surface area (Å²) in [6.07, 6.45) is 0.714. The summed E-state index contributed by atoms with van der Waals surface area (Å²) >= 11 is 0. The number of piperidine rings is 1. The fourth-order valence-electron chi connectivity index (χ4n) is 3.17. The van der Waals surface area contributed by atoms with Gasteiger partial charge in [0.2, 0.25) is 0 Å². The largest absolute Gasteiger partial charge is 0.511 e.